The first-order valence-electron chi connectivity index (χ1n) is 10.9. The van der Waals surface area contributed by atoms with E-state index in [0.29, 0.717) is 0 Å². The normalized spacial score (nSPS) is 15.8. The molecule has 2 aromatic carbocycles. The highest BCUT2D eigenvalue weighted by Crippen LogP contribution is 2.34. The Kier molecular flexibility index (Phi) is 4.46. The van der Waals surface area contributed by atoms with Crippen LogP contribution in [0.1, 0.15) is 24.0 Å². The highest BCUT2D eigenvalue weighted by molar-refractivity contribution is 5.71. The number of nitrogens with zero attached hydrogens (tertiary/aromatic N) is 4. The minimum absolute atomic E-state index is 0.223. The number of nitrogens with one attached hydrogen (secondary N) is 1. The molecular formula is C25H24FN5. The van der Waals surface area contributed by atoms with Crippen LogP contribution in [0.3, 0.4) is 0 Å². The Morgan fingerprint density at radius 3 is 2.68 bits per heavy atom. The van der Waals surface area contributed by atoms with Crippen LogP contribution in [0, 0.1) is 11.7 Å². The number of halogens is 1. The molecule has 1 saturated heterocycles. The smallest absolute Gasteiger partial charge is 0.179 e. The van der Waals surface area contributed by atoms with Crippen LogP contribution in [0.4, 0.5) is 4.39 Å². The van der Waals surface area contributed by atoms with Gasteiger partial charge in [-0.3, -0.25) is 0 Å². The third kappa shape index (κ3) is 3.37. The Hall–Kier alpha value is -3.25. The Morgan fingerprint density at radius 2 is 1.84 bits per heavy atom. The maximum Gasteiger partial charge on any atom is 0.179 e. The number of rotatable bonds is 3. The quantitative estimate of drug-likeness (QED) is 0.476. The predicted molar refractivity (Wildman–Crippen MR) is 119 cm³/mol. The lowest BCUT2D eigenvalue weighted by atomic mass is 9.90. The van der Waals surface area contributed by atoms with Crippen molar-refractivity contribution >= 4 is 0 Å². The van der Waals surface area contributed by atoms with Gasteiger partial charge in [-0.2, -0.15) is 5.10 Å². The van der Waals surface area contributed by atoms with E-state index in [1.54, 1.807) is 6.33 Å². The van der Waals surface area contributed by atoms with Gasteiger partial charge in [0.15, 0.2) is 5.82 Å². The largest absolute Gasteiger partial charge is 0.340 e. The van der Waals surface area contributed by atoms with Crippen LogP contribution in [-0.2, 0) is 13.0 Å². The van der Waals surface area contributed by atoms with Crippen molar-refractivity contribution in [3.8, 4) is 28.3 Å². The molecule has 5 nitrogen and oxygen atoms in total. The summed E-state index contributed by atoms with van der Waals surface area (Å²) in [6.45, 7) is 3.00. The lowest BCUT2D eigenvalue weighted by molar-refractivity contribution is 0.372. The van der Waals surface area contributed by atoms with E-state index in [1.807, 2.05) is 16.8 Å². The summed E-state index contributed by atoms with van der Waals surface area (Å²) in [5, 5.41) is 7.98. The summed E-state index contributed by atoms with van der Waals surface area (Å²) in [4.78, 5) is 4.56. The Labute approximate surface area is 180 Å². The minimum Gasteiger partial charge on any atom is -0.340 e. The molecular weight excluding hydrogens is 389 g/mol. The molecule has 6 heteroatoms. The van der Waals surface area contributed by atoms with Gasteiger partial charge in [-0.25, -0.2) is 14.1 Å². The number of hydrogen-bond acceptors (Lipinski definition) is 3. The summed E-state index contributed by atoms with van der Waals surface area (Å²) in [5.41, 5.74) is 6.80. The second kappa shape index (κ2) is 7.46. The molecule has 0 saturated carbocycles. The molecule has 0 unspecified atom stereocenters. The van der Waals surface area contributed by atoms with Gasteiger partial charge in [-0.05, 0) is 79.2 Å². The molecule has 31 heavy (non-hydrogen) atoms. The van der Waals surface area contributed by atoms with Gasteiger partial charge in [0, 0.05) is 18.3 Å². The number of benzene rings is 2. The van der Waals surface area contributed by atoms with Gasteiger partial charge >= 0.3 is 0 Å². The highest BCUT2D eigenvalue weighted by Gasteiger charge is 2.23. The summed E-state index contributed by atoms with van der Waals surface area (Å²) in [6, 6.07) is 15.5. The monoisotopic (exact) mass is 413 g/mol. The van der Waals surface area contributed by atoms with Gasteiger partial charge < -0.3 is 9.88 Å². The first kappa shape index (κ1) is 18.5. The summed E-state index contributed by atoms with van der Waals surface area (Å²) in [6.07, 6.45) is 7.36. The molecule has 0 amide bonds. The van der Waals surface area contributed by atoms with Crippen LogP contribution in [0.2, 0.25) is 0 Å². The second-order valence-corrected chi connectivity index (χ2v) is 8.60. The van der Waals surface area contributed by atoms with Gasteiger partial charge in [0.25, 0.3) is 0 Å². The van der Waals surface area contributed by atoms with E-state index in [4.69, 9.17) is 0 Å². The van der Waals surface area contributed by atoms with Crippen molar-refractivity contribution in [2.24, 2.45) is 5.92 Å². The van der Waals surface area contributed by atoms with Gasteiger partial charge in [0.2, 0.25) is 0 Å². The predicted octanol–water partition coefficient (Wildman–Crippen LogP) is 4.45. The van der Waals surface area contributed by atoms with Crippen LogP contribution >= 0.6 is 0 Å². The van der Waals surface area contributed by atoms with E-state index in [9.17, 15) is 4.39 Å². The standard InChI is InChI=1S/C25H24FN5/c26-22-4-2-19(3-5-22)20-13-24-25-28-16-29-31(25)23-6-1-18(11-17-7-9-27-10-8-17)12-21(23)15-30(24)14-20/h1-6,12-14,16-17,27H,7-11,15H2. The fourth-order valence-corrected chi connectivity index (χ4v) is 4.92. The van der Waals surface area contributed by atoms with Crippen molar-refractivity contribution in [3.05, 3.63) is 78.0 Å². The summed E-state index contributed by atoms with van der Waals surface area (Å²) in [7, 11) is 0. The molecule has 1 fully saturated rings. The third-order valence-electron chi connectivity index (χ3n) is 6.55. The molecule has 2 aromatic heterocycles. The molecule has 4 heterocycles. The number of fused-ring (bicyclic) bond motifs is 5. The third-order valence-corrected chi connectivity index (χ3v) is 6.55. The Balaban J connectivity index is 1.40. The van der Waals surface area contributed by atoms with Crippen LogP contribution in [-0.4, -0.2) is 32.4 Å². The van der Waals surface area contributed by atoms with Crippen LogP contribution in [0.15, 0.2) is 61.1 Å². The highest BCUT2D eigenvalue weighted by atomic mass is 19.1. The number of hydrogen-bond donors (Lipinski definition) is 1. The van der Waals surface area contributed by atoms with E-state index >= 15 is 0 Å². The number of aromatic nitrogens is 4. The van der Waals surface area contributed by atoms with Crippen LogP contribution in [0.5, 0.6) is 0 Å². The molecule has 0 radical (unpaired) electrons. The fourth-order valence-electron chi connectivity index (χ4n) is 4.92. The lowest BCUT2D eigenvalue weighted by Crippen LogP contribution is -2.28. The van der Waals surface area contributed by atoms with Crippen molar-refractivity contribution < 1.29 is 4.39 Å². The van der Waals surface area contributed by atoms with Crippen molar-refractivity contribution in [3.63, 3.8) is 0 Å². The molecule has 156 valence electrons. The molecule has 6 rings (SSSR count). The summed E-state index contributed by atoms with van der Waals surface area (Å²) >= 11 is 0. The maximum absolute atomic E-state index is 13.4. The zero-order chi connectivity index (χ0) is 20.8. The summed E-state index contributed by atoms with van der Waals surface area (Å²) in [5.74, 6) is 1.36. The molecule has 4 aromatic rings. The Morgan fingerprint density at radius 1 is 1.00 bits per heavy atom. The molecule has 1 N–H and O–H groups in total. The molecule has 2 aliphatic rings. The molecule has 0 bridgehead atoms. The lowest BCUT2D eigenvalue weighted by Gasteiger charge is -2.23. The molecule has 0 aliphatic carbocycles. The number of piperidine rings is 1. The van der Waals surface area contributed by atoms with E-state index in [2.05, 4.69) is 50.4 Å². The molecule has 0 spiro atoms. The van der Waals surface area contributed by atoms with E-state index < -0.39 is 0 Å². The SMILES string of the molecule is Fc1ccc(-c2cc3n(c2)Cc2cc(CC4CCNCC4)ccc2-n2ncnc2-3)cc1. The van der Waals surface area contributed by atoms with Crippen molar-refractivity contribution in [2.45, 2.75) is 25.8 Å². The maximum atomic E-state index is 13.4. The molecule has 0 atom stereocenters. The van der Waals surface area contributed by atoms with Crippen molar-refractivity contribution in [1.82, 2.24) is 24.6 Å². The molecule has 2 aliphatic heterocycles. The van der Waals surface area contributed by atoms with Crippen LogP contribution < -0.4 is 5.32 Å². The Bertz CT molecular complexity index is 1230. The minimum atomic E-state index is -0.223. The first-order valence-corrected chi connectivity index (χ1v) is 10.9. The van der Waals surface area contributed by atoms with Gasteiger partial charge in [-0.15, -0.1) is 0 Å². The van der Waals surface area contributed by atoms with E-state index in [0.717, 1.165) is 60.3 Å². The van der Waals surface area contributed by atoms with E-state index in [-0.39, 0.29) is 5.82 Å². The first-order chi connectivity index (χ1) is 15.2. The van der Waals surface area contributed by atoms with Gasteiger partial charge in [0.05, 0.1) is 11.4 Å². The van der Waals surface area contributed by atoms with Crippen molar-refractivity contribution in [1.29, 1.82) is 0 Å². The topological polar surface area (TPSA) is 47.7 Å². The fraction of sp³-hybridized carbons (Fsp3) is 0.280. The van der Waals surface area contributed by atoms with E-state index in [1.165, 1.54) is 36.1 Å². The van der Waals surface area contributed by atoms with Crippen LogP contribution in [0.25, 0.3) is 28.3 Å². The zero-order valence-electron chi connectivity index (χ0n) is 17.3. The van der Waals surface area contributed by atoms with Gasteiger partial charge in [-0.1, -0.05) is 24.3 Å². The second-order valence-electron chi connectivity index (χ2n) is 8.60. The zero-order valence-corrected chi connectivity index (χ0v) is 17.3. The average molecular weight is 414 g/mol. The summed E-state index contributed by atoms with van der Waals surface area (Å²) < 4.78 is 17.6. The average Bonchev–Trinajstić information content (AvgIpc) is 3.40. The van der Waals surface area contributed by atoms with Gasteiger partial charge in [0.1, 0.15) is 12.1 Å². The van der Waals surface area contributed by atoms with Crippen molar-refractivity contribution in [2.75, 3.05) is 13.1 Å².